The molecule has 0 atom stereocenters. The molecule has 0 saturated heterocycles. The SMILES string of the molecule is CCN(CC)CCCNC(=O)Nc1cc(Oc2ccc(NC(=S)NC(C)=O)c(Cl)c2)ccn1. The average molecular weight is 493 g/mol. The lowest BCUT2D eigenvalue weighted by Gasteiger charge is -2.17. The molecule has 0 aliphatic heterocycles. The summed E-state index contributed by atoms with van der Waals surface area (Å²) in [4.78, 5) is 29.6. The molecule has 11 heteroatoms. The van der Waals surface area contributed by atoms with Gasteiger partial charge in [-0.2, -0.15) is 0 Å². The fraction of sp³-hybridized carbons (Fsp3) is 0.364. The summed E-state index contributed by atoms with van der Waals surface area (Å²) >= 11 is 11.3. The number of hydrogen-bond donors (Lipinski definition) is 4. The summed E-state index contributed by atoms with van der Waals surface area (Å²) in [7, 11) is 0. The van der Waals surface area contributed by atoms with E-state index >= 15 is 0 Å². The molecule has 2 aromatic rings. The van der Waals surface area contributed by atoms with Gasteiger partial charge in [-0.1, -0.05) is 25.4 Å². The van der Waals surface area contributed by atoms with Crippen LogP contribution in [0.2, 0.25) is 5.02 Å². The summed E-state index contributed by atoms with van der Waals surface area (Å²) in [5.41, 5.74) is 0.525. The van der Waals surface area contributed by atoms with E-state index in [9.17, 15) is 9.59 Å². The van der Waals surface area contributed by atoms with E-state index in [1.807, 2.05) is 0 Å². The third kappa shape index (κ3) is 9.60. The van der Waals surface area contributed by atoms with E-state index in [2.05, 4.69) is 45.0 Å². The molecule has 0 radical (unpaired) electrons. The van der Waals surface area contributed by atoms with Gasteiger partial charge in [0.05, 0.1) is 10.7 Å². The van der Waals surface area contributed by atoms with Crippen molar-refractivity contribution in [1.29, 1.82) is 0 Å². The van der Waals surface area contributed by atoms with Gasteiger partial charge in [0.25, 0.3) is 0 Å². The number of halogens is 1. The van der Waals surface area contributed by atoms with E-state index in [0.717, 1.165) is 26.1 Å². The van der Waals surface area contributed by atoms with Crippen molar-refractivity contribution in [3.05, 3.63) is 41.6 Å². The number of hydrogen-bond acceptors (Lipinski definition) is 6. The molecule has 2 rings (SSSR count). The monoisotopic (exact) mass is 492 g/mol. The second kappa shape index (κ2) is 13.6. The first-order valence-electron chi connectivity index (χ1n) is 10.6. The molecule has 4 N–H and O–H groups in total. The van der Waals surface area contributed by atoms with Crippen LogP contribution in [0.5, 0.6) is 11.5 Å². The maximum atomic E-state index is 12.1. The van der Waals surface area contributed by atoms with Gasteiger partial charge in [0.15, 0.2) is 5.11 Å². The Bertz CT molecular complexity index is 971. The molecule has 0 saturated carbocycles. The lowest BCUT2D eigenvalue weighted by molar-refractivity contribution is -0.117. The van der Waals surface area contributed by atoms with Crippen LogP contribution >= 0.6 is 23.8 Å². The number of urea groups is 1. The molecule has 3 amide bonds. The molecular formula is C22H29ClN6O3S. The third-order valence-electron chi connectivity index (χ3n) is 4.52. The van der Waals surface area contributed by atoms with Crippen LogP contribution in [0.1, 0.15) is 27.2 Å². The highest BCUT2D eigenvalue weighted by atomic mass is 35.5. The topological polar surface area (TPSA) is 108 Å². The van der Waals surface area contributed by atoms with Gasteiger partial charge in [-0.15, -0.1) is 0 Å². The quantitative estimate of drug-likeness (QED) is 0.290. The van der Waals surface area contributed by atoms with E-state index < -0.39 is 0 Å². The van der Waals surface area contributed by atoms with E-state index in [-0.39, 0.29) is 17.1 Å². The van der Waals surface area contributed by atoms with Crippen LogP contribution in [0.15, 0.2) is 36.5 Å². The van der Waals surface area contributed by atoms with E-state index in [0.29, 0.717) is 34.6 Å². The number of benzene rings is 1. The highest BCUT2D eigenvalue weighted by Crippen LogP contribution is 2.30. The van der Waals surface area contributed by atoms with E-state index in [1.165, 1.54) is 13.1 Å². The highest BCUT2D eigenvalue weighted by Gasteiger charge is 2.08. The number of carbonyl (C=O) groups excluding carboxylic acids is 2. The lowest BCUT2D eigenvalue weighted by atomic mass is 10.3. The smallest absolute Gasteiger partial charge is 0.320 e. The van der Waals surface area contributed by atoms with Gasteiger partial charge in [-0.25, -0.2) is 9.78 Å². The summed E-state index contributed by atoms with van der Waals surface area (Å²) in [5, 5.41) is 11.3. The number of rotatable bonds is 10. The van der Waals surface area contributed by atoms with Gasteiger partial charge in [-0.3, -0.25) is 10.1 Å². The minimum absolute atomic E-state index is 0.147. The zero-order valence-electron chi connectivity index (χ0n) is 18.9. The molecular weight excluding hydrogens is 464 g/mol. The van der Waals surface area contributed by atoms with Crippen LogP contribution in [0.4, 0.5) is 16.3 Å². The van der Waals surface area contributed by atoms with Crippen LogP contribution in [0, 0.1) is 0 Å². The van der Waals surface area contributed by atoms with Crippen molar-refractivity contribution in [2.75, 3.05) is 36.8 Å². The molecule has 0 unspecified atom stereocenters. The molecule has 1 aromatic heterocycles. The van der Waals surface area contributed by atoms with Gasteiger partial charge < -0.3 is 25.6 Å². The van der Waals surface area contributed by atoms with E-state index in [4.69, 9.17) is 28.6 Å². The molecule has 9 nitrogen and oxygen atoms in total. The molecule has 0 aliphatic rings. The molecule has 0 spiro atoms. The van der Waals surface area contributed by atoms with Crippen molar-refractivity contribution in [1.82, 2.24) is 20.5 Å². The third-order valence-corrected chi connectivity index (χ3v) is 5.03. The Morgan fingerprint density at radius 1 is 1.12 bits per heavy atom. The van der Waals surface area contributed by atoms with Crippen LogP contribution in [0.25, 0.3) is 0 Å². The molecule has 1 aromatic carbocycles. The minimum Gasteiger partial charge on any atom is -0.457 e. The second-order valence-electron chi connectivity index (χ2n) is 7.02. The van der Waals surface area contributed by atoms with Crippen molar-refractivity contribution >= 4 is 52.4 Å². The van der Waals surface area contributed by atoms with Gasteiger partial charge in [0, 0.05) is 31.8 Å². The van der Waals surface area contributed by atoms with Crippen molar-refractivity contribution in [2.24, 2.45) is 0 Å². The molecule has 178 valence electrons. The van der Waals surface area contributed by atoms with Gasteiger partial charge in [0.1, 0.15) is 17.3 Å². The number of carbonyl (C=O) groups is 2. The summed E-state index contributed by atoms with van der Waals surface area (Å²) in [6.07, 6.45) is 2.40. The number of pyridine rings is 1. The number of amides is 3. The van der Waals surface area contributed by atoms with Crippen molar-refractivity contribution in [2.45, 2.75) is 27.2 Å². The Labute approximate surface area is 204 Å². The maximum absolute atomic E-state index is 12.1. The predicted molar refractivity (Wildman–Crippen MR) is 135 cm³/mol. The lowest BCUT2D eigenvalue weighted by Crippen LogP contribution is -2.32. The number of anilines is 2. The zero-order valence-corrected chi connectivity index (χ0v) is 20.5. The Balaban J connectivity index is 1.89. The van der Waals surface area contributed by atoms with Crippen molar-refractivity contribution in [3.63, 3.8) is 0 Å². The van der Waals surface area contributed by atoms with Crippen molar-refractivity contribution < 1.29 is 14.3 Å². The Kier molecular flexibility index (Phi) is 10.8. The summed E-state index contributed by atoms with van der Waals surface area (Å²) in [5.74, 6) is 1.04. The van der Waals surface area contributed by atoms with Gasteiger partial charge >= 0.3 is 6.03 Å². The second-order valence-corrected chi connectivity index (χ2v) is 7.83. The minimum atomic E-state index is -0.326. The number of aromatic nitrogens is 1. The van der Waals surface area contributed by atoms with Gasteiger partial charge in [-0.05, 0) is 56.5 Å². The molecule has 0 bridgehead atoms. The number of thiocarbonyl (C=S) groups is 1. The Morgan fingerprint density at radius 3 is 2.52 bits per heavy atom. The molecule has 33 heavy (non-hydrogen) atoms. The molecule has 1 heterocycles. The number of nitrogens with one attached hydrogen (secondary N) is 4. The van der Waals surface area contributed by atoms with Crippen LogP contribution in [0.3, 0.4) is 0 Å². The maximum Gasteiger partial charge on any atom is 0.320 e. The first kappa shape index (κ1) is 26.3. The summed E-state index contributed by atoms with van der Waals surface area (Å²) in [6, 6.07) is 7.93. The average Bonchev–Trinajstić information content (AvgIpc) is 2.75. The highest BCUT2D eigenvalue weighted by molar-refractivity contribution is 7.80. The largest absolute Gasteiger partial charge is 0.457 e. The van der Waals surface area contributed by atoms with E-state index in [1.54, 1.807) is 30.3 Å². The Morgan fingerprint density at radius 2 is 1.85 bits per heavy atom. The first-order chi connectivity index (χ1) is 15.8. The first-order valence-corrected chi connectivity index (χ1v) is 11.4. The standard InChI is InChI=1S/C22H29ClN6O3S/c1-4-29(5-2)12-6-10-25-21(31)28-20-14-17(9-11-24-20)32-16-7-8-19(18(23)13-16)27-22(33)26-15(3)30/h7-9,11,13-14H,4-6,10,12H2,1-3H3,(H2,24,25,28,31)(H2,26,27,30,33). The predicted octanol–water partition coefficient (Wildman–Crippen LogP) is 4.21. The molecule has 0 aliphatic carbocycles. The fourth-order valence-electron chi connectivity index (χ4n) is 2.86. The molecule has 0 fully saturated rings. The summed E-state index contributed by atoms with van der Waals surface area (Å²) < 4.78 is 5.82. The fourth-order valence-corrected chi connectivity index (χ4v) is 3.33. The zero-order chi connectivity index (χ0) is 24.2. The Hall–Kier alpha value is -2.95. The van der Waals surface area contributed by atoms with Crippen molar-refractivity contribution in [3.8, 4) is 11.5 Å². The normalized spacial score (nSPS) is 10.5. The summed E-state index contributed by atoms with van der Waals surface area (Å²) in [6.45, 7) is 9.10. The van der Waals surface area contributed by atoms with Crippen LogP contribution in [-0.2, 0) is 4.79 Å². The van der Waals surface area contributed by atoms with Crippen LogP contribution < -0.4 is 26.0 Å². The number of nitrogens with zero attached hydrogens (tertiary/aromatic N) is 2. The van der Waals surface area contributed by atoms with Crippen LogP contribution in [-0.4, -0.2) is 53.1 Å². The van der Waals surface area contributed by atoms with Gasteiger partial charge in [0.2, 0.25) is 5.91 Å². The number of ether oxygens (including phenoxy) is 1.